The number of nitrogens with two attached hydrogens (primary N) is 1. The zero-order valence-corrected chi connectivity index (χ0v) is 11.4. The monoisotopic (exact) mass is 269 g/mol. The summed E-state index contributed by atoms with van der Waals surface area (Å²) in [7, 11) is 0. The molecule has 1 amide bonds. The fourth-order valence-corrected chi connectivity index (χ4v) is 2.90. The lowest BCUT2D eigenvalue weighted by Gasteiger charge is -2.19. The second kappa shape index (κ2) is 5.76. The Bertz CT molecular complexity index is 430. The van der Waals surface area contributed by atoms with E-state index in [1.807, 2.05) is 11.5 Å². The summed E-state index contributed by atoms with van der Waals surface area (Å²) < 4.78 is 1.87. The molecule has 1 aliphatic carbocycles. The van der Waals surface area contributed by atoms with Gasteiger partial charge in [0.2, 0.25) is 0 Å². The number of carbonyl (C=O) groups is 1. The molecule has 1 aliphatic rings. The van der Waals surface area contributed by atoms with Gasteiger partial charge in [0, 0.05) is 18.8 Å². The number of hydrogen-bond acceptors (Lipinski definition) is 2. The highest BCUT2D eigenvalue weighted by Crippen LogP contribution is 2.25. The van der Waals surface area contributed by atoms with E-state index in [1.165, 1.54) is 0 Å². The number of nitrogens with one attached hydrogen (secondary N) is 1. The standard InChI is InChI=1S/C13H20ClN3O/c1-2-17-8-10(14)6-12(17)13(18)16-11-5-3-4-9(11)7-15/h6,8-9,11H,2-5,7,15H2,1H3,(H,16,18). The van der Waals surface area contributed by atoms with E-state index in [-0.39, 0.29) is 11.9 Å². The summed E-state index contributed by atoms with van der Waals surface area (Å²) in [6, 6.07) is 1.92. The fraction of sp³-hybridized carbons (Fsp3) is 0.615. The van der Waals surface area contributed by atoms with Crippen LogP contribution in [0.25, 0.3) is 0 Å². The Morgan fingerprint density at radius 1 is 1.61 bits per heavy atom. The number of amides is 1. The molecule has 0 spiro atoms. The molecule has 3 N–H and O–H groups in total. The number of hydrogen-bond donors (Lipinski definition) is 2. The second-order valence-corrected chi connectivity index (χ2v) is 5.27. The highest BCUT2D eigenvalue weighted by molar-refractivity contribution is 6.31. The maximum absolute atomic E-state index is 12.2. The van der Waals surface area contributed by atoms with Crippen molar-refractivity contribution in [2.45, 2.75) is 38.8 Å². The molecule has 0 bridgehead atoms. The zero-order chi connectivity index (χ0) is 13.1. The van der Waals surface area contributed by atoms with Crippen LogP contribution in [0.2, 0.25) is 5.02 Å². The van der Waals surface area contributed by atoms with Crippen molar-refractivity contribution < 1.29 is 4.79 Å². The van der Waals surface area contributed by atoms with Crippen molar-refractivity contribution in [1.29, 1.82) is 0 Å². The van der Waals surface area contributed by atoms with Crippen molar-refractivity contribution in [2.75, 3.05) is 6.54 Å². The van der Waals surface area contributed by atoms with Crippen LogP contribution in [0.1, 0.15) is 36.7 Å². The van der Waals surface area contributed by atoms with Gasteiger partial charge in [0.05, 0.1) is 5.02 Å². The zero-order valence-electron chi connectivity index (χ0n) is 10.7. The van der Waals surface area contributed by atoms with Crippen LogP contribution >= 0.6 is 11.6 Å². The average molecular weight is 270 g/mol. The second-order valence-electron chi connectivity index (χ2n) is 4.84. The summed E-state index contributed by atoms with van der Waals surface area (Å²) >= 11 is 5.94. The fourth-order valence-electron chi connectivity index (χ4n) is 2.68. The summed E-state index contributed by atoms with van der Waals surface area (Å²) in [6.07, 6.45) is 5.05. The van der Waals surface area contributed by atoms with Crippen molar-refractivity contribution in [3.8, 4) is 0 Å². The first-order valence-corrected chi connectivity index (χ1v) is 6.90. The predicted molar refractivity (Wildman–Crippen MR) is 72.8 cm³/mol. The largest absolute Gasteiger partial charge is 0.348 e. The SMILES string of the molecule is CCn1cc(Cl)cc1C(=O)NC1CCCC1CN. The summed E-state index contributed by atoms with van der Waals surface area (Å²) in [5, 5.41) is 3.69. The van der Waals surface area contributed by atoms with Crippen LogP contribution in [-0.2, 0) is 6.54 Å². The smallest absolute Gasteiger partial charge is 0.268 e. The molecule has 2 rings (SSSR count). The van der Waals surface area contributed by atoms with Crippen molar-refractivity contribution in [2.24, 2.45) is 11.7 Å². The summed E-state index contributed by atoms with van der Waals surface area (Å²) in [5.74, 6) is 0.364. The Morgan fingerprint density at radius 3 is 3.06 bits per heavy atom. The van der Waals surface area contributed by atoms with E-state index in [0.29, 0.717) is 23.2 Å². The number of carbonyl (C=O) groups excluding carboxylic acids is 1. The molecule has 0 saturated heterocycles. The van der Waals surface area contributed by atoms with E-state index >= 15 is 0 Å². The van der Waals surface area contributed by atoms with E-state index < -0.39 is 0 Å². The Labute approximate surface area is 112 Å². The van der Waals surface area contributed by atoms with Crippen LogP contribution < -0.4 is 11.1 Å². The molecule has 1 heterocycles. The van der Waals surface area contributed by atoms with Gasteiger partial charge >= 0.3 is 0 Å². The van der Waals surface area contributed by atoms with E-state index in [9.17, 15) is 4.79 Å². The molecular formula is C13H20ClN3O. The normalized spacial score (nSPS) is 23.3. The first kappa shape index (κ1) is 13.4. The van der Waals surface area contributed by atoms with Gasteiger partial charge < -0.3 is 15.6 Å². The first-order valence-electron chi connectivity index (χ1n) is 6.52. The highest BCUT2D eigenvalue weighted by Gasteiger charge is 2.28. The number of aryl methyl sites for hydroxylation is 1. The lowest BCUT2D eigenvalue weighted by molar-refractivity contribution is 0.0919. The minimum absolute atomic E-state index is 0.0471. The third-order valence-electron chi connectivity index (χ3n) is 3.71. The molecule has 4 nitrogen and oxygen atoms in total. The first-order chi connectivity index (χ1) is 8.65. The Kier molecular flexibility index (Phi) is 4.30. The van der Waals surface area contributed by atoms with Gasteiger partial charge in [-0.3, -0.25) is 4.79 Å². The molecule has 1 aromatic heterocycles. The van der Waals surface area contributed by atoms with Crippen LogP contribution in [0.15, 0.2) is 12.3 Å². The molecule has 5 heteroatoms. The molecule has 1 saturated carbocycles. The topological polar surface area (TPSA) is 60.0 Å². The van der Waals surface area contributed by atoms with Gasteiger partial charge in [-0.25, -0.2) is 0 Å². The Hall–Kier alpha value is -1.00. The quantitative estimate of drug-likeness (QED) is 0.879. The number of halogens is 1. The number of rotatable bonds is 4. The minimum Gasteiger partial charge on any atom is -0.348 e. The molecule has 18 heavy (non-hydrogen) atoms. The molecule has 2 unspecified atom stereocenters. The maximum atomic E-state index is 12.2. The molecule has 0 radical (unpaired) electrons. The van der Waals surface area contributed by atoms with Gasteiger partial charge in [0.1, 0.15) is 5.69 Å². The third-order valence-corrected chi connectivity index (χ3v) is 3.92. The molecule has 1 fully saturated rings. The van der Waals surface area contributed by atoms with E-state index in [4.69, 9.17) is 17.3 Å². The minimum atomic E-state index is -0.0471. The van der Waals surface area contributed by atoms with E-state index in [0.717, 1.165) is 25.8 Å². The summed E-state index contributed by atoms with van der Waals surface area (Å²) in [4.78, 5) is 12.2. The van der Waals surface area contributed by atoms with Crippen molar-refractivity contribution in [3.05, 3.63) is 23.0 Å². The third kappa shape index (κ3) is 2.70. The molecule has 0 aromatic carbocycles. The van der Waals surface area contributed by atoms with E-state index in [1.54, 1.807) is 12.3 Å². The number of aromatic nitrogens is 1. The van der Waals surface area contributed by atoms with Gasteiger partial charge in [-0.1, -0.05) is 18.0 Å². The number of nitrogens with zero attached hydrogens (tertiary/aromatic N) is 1. The average Bonchev–Trinajstić information content (AvgIpc) is 2.94. The molecule has 2 atom stereocenters. The van der Waals surface area contributed by atoms with Crippen LogP contribution in [0.3, 0.4) is 0 Å². The van der Waals surface area contributed by atoms with E-state index in [2.05, 4.69) is 5.32 Å². The van der Waals surface area contributed by atoms with Gasteiger partial charge in [-0.15, -0.1) is 0 Å². The van der Waals surface area contributed by atoms with Crippen LogP contribution in [-0.4, -0.2) is 23.1 Å². The maximum Gasteiger partial charge on any atom is 0.268 e. The lowest BCUT2D eigenvalue weighted by atomic mass is 10.0. The molecular weight excluding hydrogens is 250 g/mol. The van der Waals surface area contributed by atoms with Gasteiger partial charge in [0.25, 0.3) is 5.91 Å². The van der Waals surface area contributed by atoms with Crippen molar-refractivity contribution in [1.82, 2.24) is 9.88 Å². The molecule has 0 aliphatic heterocycles. The van der Waals surface area contributed by atoms with Gasteiger partial charge in [-0.05, 0) is 38.3 Å². The Morgan fingerprint density at radius 2 is 2.39 bits per heavy atom. The molecule has 1 aromatic rings. The van der Waals surface area contributed by atoms with Crippen LogP contribution in [0.4, 0.5) is 0 Å². The highest BCUT2D eigenvalue weighted by atomic mass is 35.5. The van der Waals surface area contributed by atoms with Crippen molar-refractivity contribution in [3.63, 3.8) is 0 Å². The summed E-state index contributed by atoms with van der Waals surface area (Å²) in [5.41, 5.74) is 6.35. The van der Waals surface area contributed by atoms with Crippen LogP contribution in [0.5, 0.6) is 0 Å². The Balaban J connectivity index is 2.07. The van der Waals surface area contributed by atoms with Crippen LogP contribution in [0, 0.1) is 5.92 Å². The van der Waals surface area contributed by atoms with Gasteiger partial charge in [-0.2, -0.15) is 0 Å². The van der Waals surface area contributed by atoms with Gasteiger partial charge in [0.15, 0.2) is 0 Å². The van der Waals surface area contributed by atoms with Crippen molar-refractivity contribution >= 4 is 17.5 Å². The summed E-state index contributed by atoms with van der Waals surface area (Å²) in [6.45, 7) is 3.37. The molecule has 100 valence electrons. The lowest BCUT2D eigenvalue weighted by Crippen LogP contribution is -2.40. The predicted octanol–water partition coefficient (Wildman–Crippen LogP) is 2.02.